The zero-order valence-corrected chi connectivity index (χ0v) is 22.2. The van der Waals surface area contributed by atoms with E-state index >= 15 is 0 Å². The van der Waals surface area contributed by atoms with Gasteiger partial charge in [-0.1, -0.05) is 38.5 Å². The van der Waals surface area contributed by atoms with E-state index < -0.39 is 53.8 Å². The van der Waals surface area contributed by atoms with Gasteiger partial charge in [0.2, 0.25) is 17.7 Å². The predicted octanol–water partition coefficient (Wildman–Crippen LogP) is 0.994. The molecule has 1 saturated heterocycles. The maximum atomic E-state index is 13.5. The summed E-state index contributed by atoms with van der Waals surface area (Å²) in [5, 5.41) is 25.0. The van der Waals surface area contributed by atoms with Crippen LogP contribution in [0.5, 0.6) is 0 Å². The SMILES string of the molecule is CCC(C)C(N)C(=O)NC(CCC(=O)O)C(=O)N1CCCC1C(=O)NC(Cc1c[nH]c2ccccc12)C(=O)O. The standard InChI is InChI=1S/C27H37N5O7/c1-3-15(2)23(28)25(36)30-19(10-11-22(33)34)26(37)32-12-6-9-21(32)24(35)31-20(27(38)39)13-16-14-29-18-8-5-4-7-17(16)18/h4-5,7-8,14-15,19-21,23,29H,3,6,9-13,28H2,1-2H3,(H,30,36)(H,31,35)(H,33,34)(H,38,39). The van der Waals surface area contributed by atoms with Gasteiger partial charge in [-0.25, -0.2) is 4.79 Å². The zero-order chi connectivity index (χ0) is 28.7. The van der Waals surface area contributed by atoms with Crippen LogP contribution in [0.1, 0.15) is 51.5 Å². The van der Waals surface area contributed by atoms with Crippen molar-refractivity contribution in [3.63, 3.8) is 0 Å². The second-order valence-corrected chi connectivity index (χ2v) is 10.1. The van der Waals surface area contributed by atoms with Crippen LogP contribution in [-0.2, 0) is 30.4 Å². The summed E-state index contributed by atoms with van der Waals surface area (Å²) in [4.78, 5) is 67.0. The van der Waals surface area contributed by atoms with Crippen molar-refractivity contribution >= 4 is 40.6 Å². The molecule has 12 heteroatoms. The Balaban J connectivity index is 1.73. The Hall–Kier alpha value is -3.93. The van der Waals surface area contributed by atoms with Gasteiger partial charge in [-0.15, -0.1) is 0 Å². The molecule has 3 amide bonds. The van der Waals surface area contributed by atoms with Gasteiger partial charge in [0.15, 0.2) is 0 Å². The highest BCUT2D eigenvalue weighted by Crippen LogP contribution is 2.22. The minimum absolute atomic E-state index is 0.0382. The van der Waals surface area contributed by atoms with Crippen LogP contribution in [0, 0.1) is 5.92 Å². The van der Waals surface area contributed by atoms with Crippen LogP contribution in [0.15, 0.2) is 30.5 Å². The molecule has 1 aliphatic heterocycles. The third kappa shape index (κ3) is 7.34. The quantitative estimate of drug-likeness (QED) is 0.215. The summed E-state index contributed by atoms with van der Waals surface area (Å²) in [7, 11) is 0. The molecule has 12 nitrogen and oxygen atoms in total. The minimum atomic E-state index is -1.23. The van der Waals surface area contributed by atoms with Crippen LogP contribution in [-0.4, -0.2) is 80.5 Å². The van der Waals surface area contributed by atoms with Gasteiger partial charge in [0.1, 0.15) is 18.1 Å². The molecule has 7 N–H and O–H groups in total. The summed E-state index contributed by atoms with van der Waals surface area (Å²) in [6.45, 7) is 3.89. The Bertz CT molecular complexity index is 1210. The van der Waals surface area contributed by atoms with E-state index in [0.717, 1.165) is 16.5 Å². The van der Waals surface area contributed by atoms with Crippen molar-refractivity contribution in [1.29, 1.82) is 0 Å². The Labute approximate surface area is 226 Å². The number of carboxylic acids is 2. The lowest BCUT2D eigenvalue weighted by Crippen LogP contribution is -2.57. The molecular weight excluding hydrogens is 506 g/mol. The Morgan fingerprint density at radius 1 is 1.13 bits per heavy atom. The Morgan fingerprint density at radius 2 is 1.85 bits per heavy atom. The third-order valence-electron chi connectivity index (χ3n) is 7.37. The highest BCUT2D eigenvalue weighted by atomic mass is 16.4. The van der Waals surface area contributed by atoms with Crippen molar-refractivity contribution < 1.29 is 34.2 Å². The van der Waals surface area contributed by atoms with Crippen LogP contribution in [0.3, 0.4) is 0 Å². The van der Waals surface area contributed by atoms with E-state index in [1.807, 2.05) is 31.2 Å². The molecule has 5 atom stereocenters. The average molecular weight is 544 g/mol. The fourth-order valence-corrected chi connectivity index (χ4v) is 4.80. The number of fused-ring (bicyclic) bond motifs is 1. The highest BCUT2D eigenvalue weighted by Gasteiger charge is 2.39. The van der Waals surface area contributed by atoms with E-state index in [4.69, 9.17) is 10.8 Å². The van der Waals surface area contributed by atoms with Crippen LogP contribution in [0.2, 0.25) is 0 Å². The predicted molar refractivity (Wildman–Crippen MR) is 143 cm³/mol. The number of nitrogens with zero attached hydrogens (tertiary/aromatic N) is 1. The molecule has 0 aliphatic carbocycles. The number of rotatable bonds is 13. The van der Waals surface area contributed by atoms with Crippen molar-refractivity contribution in [2.24, 2.45) is 11.7 Å². The Morgan fingerprint density at radius 3 is 2.51 bits per heavy atom. The minimum Gasteiger partial charge on any atom is -0.481 e. The molecule has 2 heterocycles. The molecule has 2 aromatic rings. The number of hydrogen-bond donors (Lipinski definition) is 6. The molecule has 3 rings (SSSR count). The monoisotopic (exact) mass is 543 g/mol. The Kier molecular flexibility index (Phi) is 10.0. The lowest BCUT2D eigenvalue weighted by Gasteiger charge is -2.30. The van der Waals surface area contributed by atoms with Crippen LogP contribution in [0.25, 0.3) is 10.9 Å². The fourth-order valence-electron chi connectivity index (χ4n) is 4.80. The first-order valence-electron chi connectivity index (χ1n) is 13.2. The number of aromatic nitrogens is 1. The summed E-state index contributed by atoms with van der Waals surface area (Å²) >= 11 is 0. The van der Waals surface area contributed by atoms with Gasteiger partial charge in [0, 0.05) is 36.5 Å². The average Bonchev–Trinajstić information content (AvgIpc) is 3.56. The number of likely N-dealkylation sites (tertiary alicyclic amines) is 1. The second kappa shape index (κ2) is 13.2. The summed E-state index contributed by atoms with van der Waals surface area (Å²) in [6, 6.07) is 3.18. The van der Waals surface area contributed by atoms with Crippen molar-refractivity contribution in [2.75, 3.05) is 6.54 Å². The number of aliphatic carboxylic acids is 2. The number of carbonyl (C=O) groups is 5. The van der Waals surface area contributed by atoms with Gasteiger partial charge in [0.05, 0.1) is 6.04 Å². The van der Waals surface area contributed by atoms with Gasteiger partial charge >= 0.3 is 11.9 Å². The summed E-state index contributed by atoms with van der Waals surface area (Å²) in [6.07, 6.45) is 2.65. The highest BCUT2D eigenvalue weighted by molar-refractivity contribution is 5.95. The second-order valence-electron chi connectivity index (χ2n) is 10.1. The molecule has 39 heavy (non-hydrogen) atoms. The molecule has 0 spiro atoms. The first-order valence-corrected chi connectivity index (χ1v) is 13.2. The third-order valence-corrected chi connectivity index (χ3v) is 7.37. The van der Waals surface area contributed by atoms with E-state index in [2.05, 4.69) is 15.6 Å². The molecule has 1 aromatic carbocycles. The van der Waals surface area contributed by atoms with Crippen molar-refractivity contribution in [3.8, 4) is 0 Å². The first-order chi connectivity index (χ1) is 18.5. The smallest absolute Gasteiger partial charge is 0.326 e. The molecule has 0 bridgehead atoms. The molecule has 212 valence electrons. The lowest BCUT2D eigenvalue weighted by atomic mass is 9.98. The number of H-pyrrole nitrogens is 1. The van der Waals surface area contributed by atoms with Crippen LogP contribution < -0.4 is 16.4 Å². The van der Waals surface area contributed by atoms with E-state index in [1.165, 1.54) is 4.90 Å². The zero-order valence-electron chi connectivity index (χ0n) is 22.2. The summed E-state index contributed by atoms with van der Waals surface area (Å²) < 4.78 is 0. The number of carboxylic acid groups (broad SMARTS) is 2. The van der Waals surface area contributed by atoms with Crippen molar-refractivity contribution in [3.05, 3.63) is 36.0 Å². The number of carbonyl (C=O) groups excluding carboxylic acids is 3. The van der Waals surface area contributed by atoms with E-state index in [0.29, 0.717) is 19.3 Å². The maximum absolute atomic E-state index is 13.5. The van der Waals surface area contributed by atoms with Crippen molar-refractivity contribution in [2.45, 2.75) is 76.5 Å². The van der Waals surface area contributed by atoms with E-state index in [-0.39, 0.29) is 31.7 Å². The first kappa shape index (κ1) is 29.6. The summed E-state index contributed by atoms with van der Waals surface area (Å²) in [5.41, 5.74) is 7.58. The van der Waals surface area contributed by atoms with E-state index in [9.17, 15) is 29.1 Å². The number of para-hydroxylation sites is 1. The fraction of sp³-hybridized carbons (Fsp3) is 0.519. The summed E-state index contributed by atoms with van der Waals surface area (Å²) in [5.74, 6) is -4.29. The van der Waals surface area contributed by atoms with Gasteiger partial charge < -0.3 is 36.5 Å². The van der Waals surface area contributed by atoms with Gasteiger partial charge in [-0.3, -0.25) is 19.2 Å². The number of aromatic amines is 1. The number of amides is 3. The van der Waals surface area contributed by atoms with Crippen LogP contribution in [0.4, 0.5) is 0 Å². The van der Waals surface area contributed by atoms with Crippen LogP contribution >= 0.6 is 0 Å². The lowest BCUT2D eigenvalue weighted by molar-refractivity contribution is -0.145. The largest absolute Gasteiger partial charge is 0.481 e. The van der Waals surface area contributed by atoms with Gasteiger partial charge in [-0.05, 0) is 36.8 Å². The maximum Gasteiger partial charge on any atom is 0.326 e. The molecule has 5 unspecified atom stereocenters. The molecule has 1 aromatic heterocycles. The normalized spacial score (nSPS) is 18.2. The molecule has 0 radical (unpaired) electrons. The molecule has 1 aliphatic rings. The molecule has 1 fully saturated rings. The number of nitrogens with two attached hydrogens (primary N) is 1. The van der Waals surface area contributed by atoms with Gasteiger partial charge in [-0.2, -0.15) is 0 Å². The molecule has 0 saturated carbocycles. The number of nitrogens with one attached hydrogen (secondary N) is 3. The van der Waals surface area contributed by atoms with E-state index in [1.54, 1.807) is 13.1 Å². The number of benzene rings is 1. The number of hydrogen-bond acceptors (Lipinski definition) is 6. The molecular formula is C27H37N5O7. The topological polar surface area (TPSA) is 195 Å². The van der Waals surface area contributed by atoms with Gasteiger partial charge in [0.25, 0.3) is 0 Å². The van der Waals surface area contributed by atoms with Crippen molar-refractivity contribution in [1.82, 2.24) is 20.5 Å².